The number of nitrogens with one attached hydrogen (secondary N) is 1. The van der Waals surface area contributed by atoms with Crippen molar-refractivity contribution in [1.29, 1.82) is 0 Å². The molecule has 1 aliphatic rings. The zero-order valence-corrected chi connectivity index (χ0v) is 15.1. The fourth-order valence-electron chi connectivity index (χ4n) is 2.76. The van der Waals surface area contributed by atoms with Gasteiger partial charge in [-0.3, -0.25) is 19.3 Å². The second kappa shape index (κ2) is 7.05. The van der Waals surface area contributed by atoms with Gasteiger partial charge in [-0.2, -0.15) is 0 Å². The van der Waals surface area contributed by atoms with Crippen molar-refractivity contribution >= 4 is 40.9 Å². The summed E-state index contributed by atoms with van der Waals surface area (Å²) in [6.45, 7) is 1.17. The van der Waals surface area contributed by atoms with E-state index in [-0.39, 0.29) is 21.2 Å². The average Bonchev–Trinajstić information content (AvgIpc) is 2.83. The summed E-state index contributed by atoms with van der Waals surface area (Å²) in [6, 6.07) is 8.10. The minimum atomic E-state index is -0.660. The minimum absolute atomic E-state index is 0.122. The van der Waals surface area contributed by atoms with E-state index in [1.165, 1.54) is 18.2 Å². The summed E-state index contributed by atoms with van der Waals surface area (Å²) in [7, 11) is 0. The van der Waals surface area contributed by atoms with Crippen LogP contribution in [0, 0.1) is 5.82 Å². The number of benzene rings is 2. The average molecular weight is 395 g/mol. The number of imide groups is 1. The van der Waals surface area contributed by atoms with Gasteiger partial charge in [-0.05, 0) is 36.8 Å². The maximum atomic E-state index is 13.6. The zero-order chi connectivity index (χ0) is 19.0. The third-order valence-corrected chi connectivity index (χ3v) is 4.68. The summed E-state index contributed by atoms with van der Waals surface area (Å²) in [5.74, 6) is -2.28. The van der Waals surface area contributed by atoms with Crippen molar-refractivity contribution in [3.05, 3.63) is 69.0 Å². The molecule has 0 unspecified atom stereocenters. The molecule has 0 fully saturated rings. The molecule has 0 aromatic heterocycles. The molecule has 5 nitrogen and oxygen atoms in total. The molecule has 2 aromatic carbocycles. The monoisotopic (exact) mass is 394 g/mol. The largest absolute Gasteiger partial charge is 0.348 e. The molecule has 1 atom stereocenters. The zero-order valence-electron chi connectivity index (χ0n) is 13.6. The van der Waals surface area contributed by atoms with Crippen molar-refractivity contribution in [2.45, 2.75) is 13.0 Å². The molecule has 0 radical (unpaired) electrons. The second-order valence-electron chi connectivity index (χ2n) is 5.82. The predicted octanol–water partition coefficient (Wildman–Crippen LogP) is 3.61. The summed E-state index contributed by atoms with van der Waals surface area (Å²) in [5.41, 5.74) is 0.867. The van der Waals surface area contributed by atoms with Crippen molar-refractivity contribution in [2.75, 3.05) is 6.54 Å². The number of carbonyl (C=O) groups excluding carboxylic acids is 3. The highest BCUT2D eigenvalue weighted by Crippen LogP contribution is 2.29. The fourth-order valence-corrected chi connectivity index (χ4v) is 3.31. The first-order chi connectivity index (χ1) is 12.3. The molecule has 1 N–H and O–H groups in total. The van der Waals surface area contributed by atoms with E-state index in [9.17, 15) is 18.8 Å². The molecule has 0 saturated heterocycles. The molecule has 0 bridgehead atoms. The molecule has 3 rings (SSSR count). The van der Waals surface area contributed by atoms with Crippen molar-refractivity contribution in [1.82, 2.24) is 10.2 Å². The summed E-state index contributed by atoms with van der Waals surface area (Å²) >= 11 is 11.7. The van der Waals surface area contributed by atoms with E-state index in [0.717, 1.165) is 11.0 Å². The van der Waals surface area contributed by atoms with E-state index in [0.29, 0.717) is 5.56 Å². The Kier molecular flexibility index (Phi) is 4.98. The molecule has 134 valence electrons. The highest BCUT2D eigenvalue weighted by Gasteiger charge is 2.36. The molecule has 26 heavy (non-hydrogen) atoms. The molecule has 8 heteroatoms. The first-order valence-electron chi connectivity index (χ1n) is 7.68. The van der Waals surface area contributed by atoms with Gasteiger partial charge in [0.25, 0.3) is 11.8 Å². The van der Waals surface area contributed by atoms with E-state index >= 15 is 0 Å². The van der Waals surface area contributed by atoms with Gasteiger partial charge in [0.05, 0.1) is 22.2 Å². The van der Waals surface area contributed by atoms with Crippen LogP contribution in [0.15, 0.2) is 36.4 Å². The second-order valence-corrected chi connectivity index (χ2v) is 6.63. The van der Waals surface area contributed by atoms with Crippen molar-refractivity contribution < 1.29 is 18.8 Å². The van der Waals surface area contributed by atoms with Crippen LogP contribution in [-0.4, -0.2) is 29.2 Å². The van der Waals surface area contributed by atoms with Crippen LogP contribution in [0.25, 0.3) is 0 Å². The summed E-state index contributed by atoms with van der Waals surface area (Å²) < 4.78 is 13.6. The lowest BCUT2D eigenvalue weighted by Gasteiger charge is -2.19. The third-order valence-electron chi connectivity index (χ3n) is 4.06. The molecule has 2 aromatic rings. The van der Waals surface area contributed by atoms with Crippen LogP contribution in [0.4, 0.5) is 4.39 Å². The maximum Gasteiger partial charge on any atom is 0.262 e. The predicted molar refractivity (Wildman–Crippen MR) is 94.8 cm³/mol. The van der Waals surface area contributed by atoms with Gasteiger partial charge < -0.3 is 5.32 Å². The Balaban J connectivity index is 1.71. The quantitative estimate of drug-likeness (QED) is 0.636. The lowest BCUT2D eigenvalue weighted by Crippen LogP contribution is -2.41. The van der Waals surface area contributed by atoms with Gasteiger partial charge in [0.2, 0.25) is 5.91 Å². The van der Waals surface area contributed by atoms with E-state index in [4.69, 9.17) is 23.2 Å². The van der Waals surface area contributed by atoms with Gasteiger partial charge in [-0.25, -0.2) is 4.39 Å². The van der Waals surface area contributed by atoms with Crippen LogP contribution in [0.2, 0.25) is 10.0 Å². The Hall–Kier alpha value is -2.44. The Bertz CT molecular complexity index is 898. The lowest BCUT2D eigenvalue weighted by atomic mass is 10.1. The first-order valence-corrected chi connectivity index (χ1v) is 8.44. The molecule has 0 aliphatic carbocycles. The van der Waals surface area contributed by atoms with Crippen LogP contribution in [0.3, 0.4) is 0 Å². The van der Waals surface area contributed by atoms with Gasteiger partial charge in [0, 0.05) is 5.02 Å². The topological polar surface area (TPSA) is 66.5 Å². The number of carbonyl (C=O) groups is 3. The summed E-state index contributed by atoms with van der Waals surface area (Å²) in [6.07, 6.45) is 0. The number of rotatable bonds is 4. The standard InChI is InChI=1S/C18H13Cl2FN2O3/c1-9(12-6-15(21)14(20)7-13(12)19)22-16(24)8-23-17(25)10-4-2-3-5-11(10)18(23)26/h2-7,9H,8H2,1H3,(H,22,24)/t9-/m1/s1. The third kappa shape index (κ3) is 3.30. The van der Waals surface area contributed by atoms with Gasteiger partial charge in [0.15, 0.2) is 0 Å². The summed E-state index contributed by atoms with van der Waals surface area (Å²) in [4.78, 5) is 37.7. The number of fused-ring (bicyclic) bond motifs is 1. The van der Waals surface area contributed by atoms with E-state index in [1.807, 2.05) is 0 Å². The van der Waals surface area contributed by atoms with Crippen LogP contribution < -0.4 is 5.32 Å². The number of hydrogen-bond acceptors (Lipinski definition) is 3. The van der Waals surface area contributed by atoms with Gasteiger partial charge in [-0.1, -0.05) is 35.3 Å². The van der Waals surface area contributed by atoms with Crippen LogP contribution in [0.1, 0.15) is 39.2 Å². The number of nitrogens with zero attached hydrogens (tertiary/aromatic N) is 1. The van der Waals surface area contributed by atoms with E-state index in [2.05, 4.69) is 5.32 Å². The maximum absolute atomic E-state index is 13.6. The van der Waals surface area contributed by atoms with Crippen molar-refractivity contribution in [2.24, 2.45) is 0 Å². The van der Waals surface area contributed by atoms with E-state index in [1.54, 1.807) is 19.1 Å². The van der Waals surface area contributed by atoms with Crippen LogP contribution in [-0.2, 0) is 4.79 Å². The molecular weight excluding hydrogens is 382 g/mol. The lowest BCUT2D eigenvalue weighted by molar-refractivity contribution is -0.122. The highest BCUT2D eigenvalue weighted by atomic mass is 35.5. The normalized spacial score (nSPS) is 14.4. The Morgan fingerprint density at radius 3 is 2.27 bits per heavy atom. The van der Waals surface area contributed by atoms with E-state index < -0.39 is 36.1 Å². The van der Waals surface area contributed by atoms with Crippen LogP contribution >= 0.6 is 23.2 Å². The first kappa shape index (κ1) is 18.4. The highest BCUT2D eigenvalue weighted by molar-refractivity contribution is 6.35. The molecule has 1 heterocycles. The molecule has 3 amide bonds. The van der Waals surface area contributed by atoms with Crippen molar-refractivity contribution in [3.8, 4) is 0 Å². The minimum Gasteiger partial charge on any atom is -0.348 e. The van der Waals surface area contributed by atoms with Crippen LogP contribution in [0.5, 0.6) is 0 Å². The van der Waals surface area contributed by atoms with Gasteiger partial charge in [0.1, 0.15) is 12.4 Å². The number of amides is 3. The summed E-state index contributed by atoms with van der Waals surface area (Å²) in [5, 5.41) is 2.68. The Labute approximate surface area is 158 Å². The number of halogens is 3. The molecule has 1 aliphatic heterocycles. The molecule has 0 saturated carbocycles. The van der Waals surface area contributed by atoms with Gasteiger partial charge >= 0.3 is 0 Å². The Morgan fingerprint density at radius 2 is 1.69 bits per heavy atom. The molecule has 0 spiro atoms. The molecular formula is C18H13Cl2FN2O3. The number of hydrogen-bond donors (Lipinski definition) is 1. The van der Waals surface area contributed by atoms with Crippen molar-refractivity contribution in [3.63, 3.8) is 0 Å². The fraction of sp³-hybridized carbons (Fsp3) is 0.167. The Morgan fingerprint density at radius 1 is 1.12 bits per heavy atom. The smallest absolute Gasteiger partial charge is 0.262 e. The van der Waals surface area contributed by atoms with Gasteiger partial charge in [-0.15, -0.1) is 0 Å². The SMILES string of the molecule is C[C@@H](NC(=O)CN1C(=O)c2ccccc2C1=O)c1cc(F)c(Cl)cc1Cl.